The summed E-state index contributed by atoms with van der Waals surface area (Å²) < 4.78 is 47.7. The molecule has 1 aliphatic heterocycles. The van der Waals surface area contributed by atoms with Crippen molar-refractivity contribution in [2.24, 2.45) is 40.9 Å². The van der Waals surface area contributed by atoms with Crippen LogP contribution in [-0.2, 0) is 27.8 Å². The van der Waals surface area contributed by atoms with E-state index < -0.39 is 27.7 Å². The van der Waals surface area contributed by atoms with Crippen LogP contribution in [0.15, 0.2) is 30.5 Å². The molecule has 2 aromatic heterocycles. The number of hydrogen-bond acceptors (Lipinski definition) is 8. The highest BCUT2D eigenvalue weighted by molar-refractivity contribution is 7.88. The van der Waals surface area contributed by atoms with E-state index in [1.807, 2.05) is 0 Å². The zero-order valence-electron chi connectivity index (χ0n) is 22.3. The van der Waals surface area contributed by atoms with E-state index >= 15 is 0 Å². The second-order valence-electron chi connectivity index (χ2n) is 12.6. The molecule has 3 heterocycles. The molecule has 0 atom stereocenters. The Morgan fingerprint density at radius 1 is 1.10 bits per heavy atom. The third kappa shape index (κ3) is 2.71. The van der Waals surface area contributed by atoms with Gasteiger partial charge in [0.05, 0.1) is 12.5 Å². The zero-order valence-corrected chi connectivity index (χ0v) is 23.1. The maximum atomic E-state index is 14.5. The molecule has 3 aromatic rings. The zero-order chi connectivity index (χ0) is 28.9. The lowest BCUT2D eigenvalue weighted by Gasteiger charge is -3.11. The number of hydrogen-bond donors (Lipinski definition) is 3. The summed E-state index contributed by atoms with van der Waals surface area (Å²) in [7, 11) is -3.27. The van der Waals surface area contributed by atoms with Gasteiger partial charge in [0, 0.05) is 36.7 Å². The van der Waals surface area contributed by atoms with Gasteiger partial charge >= 0.3 is 0 Å². The number of fused-ring (bicyclic) bond motifs is 2. The molecule has 0 spiro atoms. The molecule has 0 unspecified atom stereocenters. The van der Waals surface area contributed by atoms with Crippen LogP contribution in [0, 0.1) is 46.7 Å². The van der Waals surface area contributed by atoms with Crippen LogP contribution in [-0.4, -0.2) is 65.6 Å². The van der Waals surface area contributed by atoms with E-state index in [2.05, 4.69) is 25.4 Å². The molecule has 6 fully saturated rings. The monoisotopic (exact) mass is 592 g/mol. The van der Waals surface area contributed by atoms with E-state index in [-0.39, 0.29) is 53.3 Å². The molecule has 12 nitrogen and oxygen atoms in total. The van der Waals surface area contributed by atoms with E-state index in [4.69, 9.17) is 4.74 Å². The average molecular weight is 593 g/mol. The van der Waals surface area contributed by atoms with Crippen LogP contribution < -0.4 is 20.1 Å². The fourth-order valence-electron chi connectivity index (χ4n) is 9.88. The maximum Gasteiger partial charge on any atom is 0.270 e. The molecule has 6 aliphatic carbocycles. The van der Waals surface area contributed by atoms with Crippen molar-refractivity contribution >= 4 is 33.3 Å². The molecular weight excluding hydrogens is 567 g/mol. The quantitative estimate of drug-likeness (QED) is 0.331. The van der Waals surface area contributed by atoms with Crippen LogP contribution in [0.5, 0.6) is 5.75 Å². The number of nitrogens with one attached hydrogen (secondary N) is 3. The lowest BCUT2D eigenvalue weighted by molar-refractivity contribution is -0.621. The van der Waals surface area contributed by atoms with Crippen LogP contribution in [0.25, 0.3) is 5.65 Å². The fraction of sp³-hybridized carbons (Fsp3) is 0.464. The predicted octanol–water partition coefficient (Wildman–Crippen LogP) is 0.0718. The number of aromatic nitrogens is 3. The molecule has 0 saturated heterocycles. The van der Waals surface area contributed by atoms with Gasteiger partial charge in [-0.1, -0.05) is 6.07 Å². The number of ether oxygens (including phenoxy) is 1. The number of ketones is 1. The number of benzene rings is 1. The summed E-state index contributed by atoms with van der Waals surface area (Å²) in [5.41, 5.74) is 0.896. The number of sulfonamides is 1. The summed E-state index contributed by atoms with van der Waals surface area (Å²) in [5.74, 6) is 1.09. The van der Waals surface area contributed by atoms with Gasteiger partial charge in [-0.15, -0.1) is 0 Å². The summed E-state index contributed by atoms with van der Waals surface area (Å²) >= 11 is 0. The molecular formula is C28H25FN6O6S. The Morgan fingerprint density at radius 2 is 1.83 bits per heavy atom. The van der Waals surface area contributed by atoms with Crippen molar-refractivity contribution in [3.63, 3.8) is 0 Å². The highest BCUT2D eigenvalue weighted by atomic mass is 32.2. The lowest BCUT2D eigenvalue weighted by atomic mass is 8.94. The highest BCUT2D eigenvalue weighted by Gasteiger charge is 3.10. The Labute approximate surface area is 238 Å². The summed E-state index contributed by atoms with van der Waals surface area (Å²) in [6.07, 6.45) is 2.42. The van der Waals surface area contributed by atoms with Gasteiger partial charge in [0.1, 0.15) is 23.7 Å². The minimum absolute atomic E-state index is 0.00868. The Bertz CT molecular complexity index is 1870. The maximum absolute atomic E-state index is 14.5. The summed E-state index contributed by atoms with van der Waals surface area (Å²) in [5, 5.41) is 9.70. The van der Waals surface area contributed by atoms with Crippen LogP contribution in [0.1, 0.15) is 32.1 Å². The van der Waals surface area contributed by atoms with Gasteiger partial charge in [0.15, 0.2) is 17.2 Å². The van der Waals surface area contributed by atoms with Gasteiger partial charge in [-0.25, -0.2) is 27.0 Å². The molecule has 14 heteroatoms. The van der Waals surface area contributed by atoms with Crippen molar-refractivity contribution in [3.8, 4) is 5.75 Å². The fourth-order valence-corrected chi connectivity index (χ4v) is 10.9. The number of nitrogens with zero attached hydrogens (tertiary/aromatic N) is 3. The van der Waals surface area contributed by atoms with Crippen LogP contribution >= 0.6 is 0 Å². The standard InChI is InChI=1S/C28H25FN6O6S/c1-42(39,40)34-28-21-18-22(28)20-23(28)19(21)27(18,20)10-31-26(38)16-6-15(33-24-14(29)8-32-35(16)24)25(37)30-7-11-2-3-17-12(4-11)5-13(36)9-41-17/h2-4,6,8,18-23,34H,5,7,9-10H2,1H3,(H,30,37)(H,31,38). The molecule has 7 aliphatic rings. The van der Waals surface area contributed by atoms with Crippen molar-refractivity contribution in [2.75, 3.05) is 19.4 Å². The summed E-state index contributed by atoms with van der Waals surface area (Å²) in [4.78, 5) is 42.3. The first-order valence-corrected chi connectivity index (χ1v) is 15.8. The van der Waals surface area contributed by atoms with Crippen molar-refractivity contribution in [3.05, 3.63) is 58.8 Å². The van der Waals surface area contributed by atoms with E-state index in [1.165, 1.54) is 12.3 Å². The largest absolute Gasteiger partial charge is 0.486 e. The highest BCUT2D eigenvalue weighted by Crippen LogP contribution is 3.06. The van der Waals surface area contributed by atoms with Gasteiger partial charge in [0.25, 0.3) is 11.8 Å². The van der Waals surface area contributed by atoms with Gasteiger partial charge in [-0.05, 0) is 58.6 Å². The second kappa shape index (κ2) is 7.53. The van der Waals surface area contributed by atoms with Gasteiger partial charge < -0.3 is 15.4 Å². The number of halogens is 1. The van der Waals surface area contributed by atoms with Crippen LogP contribution in [0.3, 0.4) is 0 Å². The van der Waals surface area contributed by atoms with Gasteiger partial charge in [-0.2, -0.15) is 5.10 Å². The van der Waals surface area contributed by atoms with Gasteiger partial charge in [0.2, 0.25) is 10.0 Å². The topological polar surface area (TPSA) is 161 Å². The Balaban J connectivity index is 0.906. The first kappa shape index (κ1) is 24.7. The van der Waals surface area contributed by atoms with Gasteiger partial charge in [-0.3, -0.25) is 14.4 Å². The number of Topliss-reactive ketones (excluding diaryl/α,β-unsaturated/α-hetero) is 1. The van der Waals surface area contributed by atoms with Crippen LogP contribution in [0.4, 0.5) is 4.39 Å². The Hall–Kier alpha value is -3.91. The van der Waals surface area contributed by atoms with E-state index in [0.29, 0.717) is 47.8 Å². The van der Waals surface area contributed by atoms with E-state index in [0.717, 1.165) is 21.8 Å². The number of rotatable bonds is 8. The number of carbonyl (C=O) groups excluding carboxylic acids is 3. The normalized spacial score (nSPS) is 35.3. The molecule has 0 radical (unpaired) electrons. The molecule has 1 aromatic carbocycles. The molecule has 3 N–H and O–H groups in total. The first-order chi connectivity index (χ1) is 20.0. The third-order valence-electron chi connectivity index (χ3n) is 11.0. The molecule has 216 valence electrons. The molecule has 6 saturated carbocycles. The first-order valence-electron chi connectivity index (χ1n) is 13.9. The van der Waals surface area contributed by atoms with Crippen molar-refractivity contribution in [2.45, 2.75) is 18.5 Å². The Kier molecular flexibility index (Phi) is 4.42. The molecule has 42 heavy (non-hydrogen) atoms. The smallest absolute Gasteiger partial charge is 0.270 e. The minimum atomic E-state index is -3.27. The third-order valence-corrected chi connectivity index (χ3v) is 11.7. The SMILES string of the molecule is CS(=O)(=O)NC12C3C4C1C1C2C3C41CNC(=O)c1cc(C(=O)NCc2ccc3c(c2)CC(=O)CO3)nc2c(F)cnn12. The molecule has 10 rings (SSSR count). The lowest BCUT2D eigenvalue weighted by Crippen LogP contribution is -3.15. The predicted molar refractivity (Wildman–Crippen MR) is 141 cm³/mol. The minimum Gasteiger partial charge on any atom is -0.486 e. The number of amides is 2. The average Bonchev–Trinajstić information content (AvgIpc) is 3.34. The molecule has 2 amide bonds. The second-order valence-corrected chi connectivity index (χ2v) is 14.4. The molecule has 0 bridgehead atoms. The van der Waals surface area contributed by atoms with Crippen LogP contribution in [0.2, 0.25) is 0 Å². The van der Waals surface area contributed by atoms with E-state index in [1.54, 1.807) is 18.2 Å². The summed E-state index contributed by atoms with van der Waals surface area (Å²) in [6.45, 7) is 0.623. The van der Waals surface area contributed by atoms with Crippen molar-refractivity contribution in [1.82, 2.24) is 30.0 Å². The Morgan fingerprint density at radius 3 is 2.55 bits per heavy atom. The summed E-state index contributed by atoms with van der Waals surface area (Å²) in [6, 6.07) is 6.63. The van der Waals surface area contributed by atoms with Crippen molar-refractivity contribution < 1.29 is 31.9 Å². The number of carbonyl (C=O) groups is 3. The van der Waals surface area contributed by atoms with E-state index in [9.17, 15) is 27.2 Å². The van der Waals surface area contributed by atoms with Crippen molar-refractivity contribution in [1.29, 1.82) is 0 Å².